The summed E-state index contributed by atoms with van der Waals surface area (Å²) in [5.74, 6) is 0.714. The lowest BCUT2D eigenvalue weighted by molar-refractivity contribution is -0.198. The van der Waals surface area contributed by atoms with Crippen molar-refractivity contribution < 1.29 is 9.47 Å². The van der Waals surface area contributed by atoms with Gasteiger partial charge in [-0.2, -0.15) is 5.26 Å². The molecule has 31 heavy (non-hydrogen) atoms. The van der Waals surface area contributed by atoms with E-state index in [9.17, 15) is 0 Å². The quantitative estimate of drug-likeness (QED) is 0.465. The van der Waals surface area contributed by atoms with E-state index in [2.05, 4.69) is 32.1 Å². The van der Waals surface area contributed by atoms with Gasteiger partial charge in [-0.1, -0.05) is 44.9 Å². The summed E-state index contributed by atoms with van der Waals surface area (Å²) in [6, 6.07) is 7.79. The smallest absolute Gasteiger partial charge is 0.168 e. The second kappa shape index (κ2) is 12.4. The third kappa shape index (κ3) is 7.48. The Hall–Kier alpha value is -1.63. The van der Waals surface area contributed by atoms with Crippen LogP contribution in [-0.4, -0.2) is 19.0 Å². The number of rotatable bonds is 4. The Morgan fingerprint density at radius 1 is 1.06 bits per heavy atom. The molecule has 0 radical (unpaired) electrons. The number of benzene rings is 1. The lowest BCUT2D eigenvalue weighted by Crippen LogP contribution is -2.41. The number of nitrogens with zero attached hydrogens (tertiary/aromatic N) is 1. The van der Waals surface area contributed by atoms with Crippen molar-refractivity contribution in [2.24, 2.45) is 11.3 Å². The van der Waals surface area contributed by atoms with Crippen LogP contribution in [0.5, 0.6) is 0 Å². The maximum absolute atomic E-state index is 8.50. The van der Waals surface area contributed by atoms with E-state index in [0.29, 0.717) is 0 Å². The molecule has 0 N–H and O–H groups in total. The number of aryl methyl sites for hydroxylation is 2. The largest absolute Gasteiger partial charge is 0.348 e. The third-order valence-electron chi connectivity index (χ3n) is 7.15. The van der Waals surface area contributed by atoms with Gasteiger partial charge < -0.3 is 9.47 Å². The number of unbranched alkanes of at least 4 members (excludes halogenated alkanes) is 1. The average molecular weight is 426 g/mol. The lowest BCUT2D eigenvalue weighted by Gasteiger charge is -2.41. The zero-order valence-electron chi connectivity index (χ0n) is 20.5. The summed E-state index contributed by atoms with van der Waals surface area (Å²) in [5.41, 5.74) is 3.87. The first kappa shape index (κ1) is 25.6. The molecule has 3 aliphatic rings. The molecule has 1 atom stereocenters. The van der Waals surface area contributed by atoms with E-state index in [1.54, 1.807) is 0 Å². The molecule has 3 heteroatoms. The van der Waals surface area contributed by atoms with Gasteiger partial charge in [0.1, 0.15) is 0 Å². The van der Waals surface area contributed by atoms with Crippen molar-refractivity contribution in [2.75, 3.05) is 13.2 Å². The summed E-state index contributed by atoms with van der Waals surface area (Å²) >= 11 is 0. The second-order valence-corrected chi connectivity index (χ2v) is 9.40. The Kier molecular flexibility index (Phi) is 10.3. The van der Waals surface area contributed by atoms with Crippen molar-refractivity contribution in [1.29, 1.82) is 5.26 Å². The molecule has 3 nitrogen and oxygen atoms in total. The predicted molar refractivity (Wildman–Crippen MR) is 129 cm³/mol. The molecule has 0 amide bonds. The van der Waals surface area contributed by atoms with Gasteiger partial charge in [0.25, 0.3) is 0 Å². The highest BCUT2D eigenvalue weighted by molar-refractivity contribution is 5.36. The van der Waals surface area contributed by atoms with Crippen molar-refractivity contribution in [3.8, 4) is 6.07 Å². The van der Waals surface area contributed by atoms with Crippen molar-refractivity contribution >= 4 is 0 Å². The normalized spacial score (nSPS) is 22.4. The van der Waals surface area contributed by atoms with Gasteiger partial charge in [-0.25, -0.2) is 0 Å². The fourth-order valence-electron chi connectivity index (χ4n) is 4.82. The van der Waals surface area contributed by atoms with Crippen LogP contribution in [0, 0.1) is 36.5 Å². The van der Waals surface area contributed by atoms with E-state index in [1.165, 1.54) is 56.1 Å². The van der Waals surface area contributed by atoms with Gasteiger partial charge in [0.2, 0.25) is 0 Å². The third-order valence-corrected chi connectivity index (χ3v) is 7.15. The molecule has 2 saturated carbocycles. The molecular weight excluding hydrogens is 382 g/mol. The van der Waals surface area contributed by atoms with E-state index in [1.807, 2.05) is 39.0 Å². The van der Waals surface area contributed by atoms with E-state index < -0.39 is 0 Å². The minimum atomic E-state index is -0.160. The molecule has 0 bridgehead atoms. The Morgan fingerprint density at radius 3 is 2.23 bits per heavy atom. The van der Waals surface area contributed by atoms with Gasteiger partial charge >= 0.3 is 0 Å². The van der Waals surface area contributed by atoms with Gasteiger partial charge in [-0.15, -0.1) is 0 Å². The van der Waals surface area contributed by atoms with E-state index in [0.717, 1.165) is 43.0 Å². The summed E-state index contributed by atoms with van der Waals surface area (Å²) in [6.07, 6.45) is 16.0. The van der Waals surface area contributed by atoms with E-state index in [-0.39, 0.29) is 5.79 Å². The molecule has 2 aliphatic carbocycles. The number of nitriles is 1. The fraction of sp³-hybridized carbons (Fsp3) is 0.679. The van der Waals surface area contributed by atoms with Gasteiger partial charge in [0, 0.05) is 12.8 Å². The maximum Gasteiger partial charge on any atom is 0.168 e. The van der Waals surface area contributed by atoms with Crippen LogP contribution in [0.4, 0.5) is 0 Å². The highest BCUT2D eigenvalue weighted by Crippen LogP contribution is 2.63. The zero-order valence-corrected chi connectivity index (χ0v) is 20.5. The number of ether oxygens (including phenoxy) is 2. The maximum atomic E-state index is 8.50. The summed E-state index contributed by atoms with van der Waals surface area (Å²) in [5, 5.41) is 8.50. The number of hydrogen-bond acceptors (Lipinski definition) is 3. The molecule has 4 rings (SSSR count). The van der Waals surface area contributed by atoms with Gasteiger partial charge in [0.05, 0.1) is 24.8 Å². The van der Waals surface area contributed by atoms with Crippen LogP contribution >= 0.6 is 0 Å². The second-order valence-electron chi connectivity index (χ2n) is 9.40. The van der Waals surface area contributed by atoms with Gasteiger partial charge in [-0.3, -0.25) is 0 Å². The van der Waals surface area contributed by atoms with Crippen molar-refractivity contribution in [2.45, 2.75) is 98.2 Å². The lowest BCUT2D eigenvalue weighted by atomic mass is 9.71. The molecular formula is C28H43NO2. The van der Waals surface area contributed by atoms with Crippen molar-refractivity contribution in [1.82, 2.24) is 0 Å². The molecule has 2 spiro atoms. The highest BCUT2D eigenvalue weighted by atomic mass is 16.7. The Bertz CT molecular complexity index is 736. The van der Waals surface area contributed by atoms with Crippen LogP contribution < -0.4 is 0 Å². The van der Waals surface area contributed by atoms with Crippen LogP contribution in [0.25, 0.3) is 0 Å². The van der Waals surface area contributed by atoms with Crippen LogP contribution in [0.2, 0.25) is 0 Å². The average Bonchev–Trinajstić information content (AvgIpc) is 3.43. The fourth-order valence-corrected chi connectivity index (χ4v) is 4.82. The van der Waals surface area contributed by atoms with Gasteiger partial charge in [0.15, 0.2) is 5.79 Å². The minimum Gasteiger partial charge on any atom is -0.348 e. The first-order valence-corrected chi connectivity index (χ1v) is 12.3. The topological polar surface area (TPSA) is 42.2 Å². The molecule has 0 aromatic heterocycles. The van der Waals surface area contributed by atoms with Crippen molar-refractivity contribution in [3.63, 3.8) is 0 Å². The Labute approximate surface area is 190 Å². The molecule has 1 aliphatic heterocycles. The van der Waals surface area contributed by atoms with Crippen LogP contribution in [0.3, 0.4) is 0 Å². The van der Waals surface area contributed by atoms with Crippen LogP contribution in [-0.2, 0) is 9.47 Å². The molecule has 1 heterocycles. The molecule has 3 fully saturated rings. The van der Waals surface area contributed by atoms with E-state index in [4.69, 9.17) is 14.7 Å². The summed E-state index contributed by atoms with van der Waals surface area (Å²) in [7, 11) is 0. The molecule has 172 valence electrons. The van der Waals surface area contributed by atoms with Crippen LogP contribution in [0.1, 0.15) is 95.2 Å². The highest BCUT2D eigenvalue weighted by Gasteiger charge is 2.56. The molecule has 1 unspecified atom stereocenters. The minimum absolute atomic E-state index is 0.160. The van der Waals surface area contributed by atoms with E-state index >= 15 is 0 Å². The Balaban J connectivity index is 0.000000195. The Morgan fingerprint density at radius 2 is 1.74 bits per heavy atom. The molecule has 1 saturated heterocycles. The number of hydrogen-bond donors (Lipinski definition) is 0. The predicted octanol–water partition coefficient (Wildman–Crippen LogP) is 7.65. The SMILES string of the molecule is C/C=C/CC.CCCCC1CC2(CCC13CC3)OCCO2.Cc1ccc(C#N)cc1C. The monoisotopic (exact) mass is 425 g/mol. The summed E-state index contributed by atoms with van der Waals surface area (Å²) < 4.78 is 11.8. The molecule has 1 aromatic rings. The first-order chi connectivity index (χ1) is 14.9. The van der Waals surface area contributed by atoms with Gasteiger partial charge in [-0.05, 0) is 87.5 Å². The standard InChI is InChI=1S/C14H24O2.C9H9N.C5H10/c1-2-3-4-12-11-14(15-9-10-16-14)8-7-13(12)5-6-13;1-7-3-4-9(6-10)5-8(7)2;1-3-5-4-2/h12H,2-11H2,1H3;3-5H,1-2H3;3,5H,4H2,1-2H3/b;;5-3+. The van der Waals surface area contributed by atoms with Crippen molar-refractivity contribution in [3.05, 3.63) is 47.0 Å². The number of allylic oxidation sites excluding steroid dienone is 2. The molecule has 1 aromatic carbocycles. The first-order valence-electron chi connectivity index (χ1n) is 12.3. The summed E-state index contributed by atoms with van der Waals surface area (Å²) in [4.78, 5) is 0. The summed E-state index contributed by atoms with van der Waals surface area (Å²) in [6.45, 7) is 12.1. The zero-order chi connectivity index (χ0) is 22.7. The van der Waals surface area contributed by atoms with Crippen LogP contribution in [0.15, 0.2) is 30.4 Å².